The van der Waals surface area contributed by atoms with E-state index < -0.39 is 0 Å². The molecular weight excluding hydrogens is 529 g/mol. The van der Waals surface area contributed by atoms with Crippen molar-refractivity contribution < 1.29 is 9.47 Å². The van der Waals surface area contributed by atoms with Gasteiger partial charge in [-0.3, -0.25) is 9.88 Å². The molecule has 1 saturated heterocycles. The van der Waals surface area contributed by atoms with Gasteiger partial charge in [0.2, 0.25) is 0 Å². The molecule has 0 amide bonds. The maximum Gasteiger partial charge on any atom is 0.191 e. The third-order valence-electron chi connectivity index (χ3n) is 5.12. The molecule has 0 spiro atoms. The second-order valence-electron chi connectivity index (χ2n) is 8.48. The minimum absolute atomic E-state index is 0. The quantitative estimate of drug-likeness (QED) is 0.259. The monoisotopic (exact) mass is 567 g/mol. The van der Waals surface area contributed by atoms with Crippen LogP contribution in [0.25, 0.3) is 0 Å². The van der Waals surface area contributed by atoms with Gasteiger partial charge in [-0.05, 0) is 42.7 Å². The molecule has 182 valence electrons. The zero-order valence-corrected chi connectivity index (χ0v) is 22.3. The van der Waals surface area contributed by atoms with Crippen molar-refractivity contribution in [1.29, 1.82) is 0 Å². The Kier molecular flexibility index (Phi) is 12.5. The summed E-state index contributed by atoms with van der Waals surface area (Å²) in [6.07, 6.45) is 1.95. The fraction of sp³-hybridized carbons (Fsp3) is 0.520. The molecule has 0 radical (unpaired) electrons. The third kappa shape index (κ3) is 10.3. The van der Waals surface area contributed by atoms with E-state index in [1.165, 1.54) is 0 Å². The highest BCUT2D eigenvalue weighted by Gasteiger charge is 2.21. The van der Waals surface area contributed by atoms with Gasteiger partial charge in [0.05, 0.1) is 24.9 Å². The number of hydrogen-bond acceptors (Lipinski definition) is 5. The summed E-state index contributed by atoms with van der Waals surface area (Å²) in [5.41, 5.74) is 2.00. The molecular formula is C25H38IN5O2. The van der Waals surface area contributed by atoms with Gasteiger partial charge >= 0.3 is 0 Å². The van der Waals surface area contributed by atoms with Crippen LogP contribution >= 0.6 is 24.0 Å². The van der Waals surface area contributed by atoms with Crippen molar-refractivity contribution in [3.63, 3.8) is 0 Å². The molecule has 2 heterocycles. The molecule has 0 bridgehead atoms. The number of rotatable bonds is 10. The molecule has 33 heavy (non-hydrogen) atoms. The van der Waals surface area contributed by atoms with E-state index in [1.807, 2.05) is 36.4 Å². The van der Waals surface area contributed by atoms with E-state index >= 15 is 0 Å². The average molecular weight is 568 g/mol. The van der Waals surface area contributed by atoms with Gasteiger partial charge in [-0.25, -0.2) is 4.99 Å². The summed E-state index contributed by atoms with van der Waals surface area (Å²) in [5, 5.41) is 6.77. The van der Waals surface area contributed by atoms with Crippen molar-refractivity contribution in [3.8, 4) is 5.75 Å². The lowest BCUT2D eigenvalue weighted by Gasteiger charge is -2.34. The number of nitrogens with one attached hydrogen (secondary N) is 2. The molecule has 2 N–H and O–H groups in total. The molecule has 1 aromatic heterocycles. The van der Waals surface area contributed by atoms with Gasteiger partial charge < -0.3 is 20.1 Å². The Morgan fingerprint density at radius 3 is 2.88 bits per heavy atom. The molecule has 0 aliphatic carbocycles. The summed E-state index contributed by atoms with van der Waals surface area (Å²) in [4.78, 5) is 11.5. The highest BCUT2D eigenvalue weighted by atomic mass is 127. The van der Waals surface area contributed by atoms with E-state index in [-0.39, 0.29) is 30.1 Å². The first-order valence-electron chi connectivity index (χ1n) is 11.6. The van der Waals surface area contributed by atoms with Gasteiger partial charge in [-0.2, -0.15) is 0 Å². The second-order valence-corrected chi connectivity index (χ2v) is 8.48. The van der Waals surface area contributed by atoms with Crippen LogP contribution in [0.15, 0.2) is 53.7 Å². The number of pyridine rings is 1. The van der Waals surface area contributed by atoms with Crippen LogP contribution in [0.3, 0.4) is 0 Å². The van der Waals surface area contributed by atoms with Gasteiger partial charge in [0.25, 0.3) is 0 Å². The van der Waals surface area contributed by atoms with Gasteiger partial charge in [0, 0.05) is 38.9 Å². The molecule has 8 heteroatoms. The first kappa shape index (κ1) is 27.3. The molecule has 1 unspecified atom stereocenters. The zero-order chi connectivity index (χ0) is 22.6. The first-order valence-corrected chi connectivity index (χ1v) is 11.6. The van der Waals surface area contributed by atoms with E-state index in [2.05, 4.69) is 47.4 Å². The highest BCUT2D eigenvalue weighted by Crippen LogP contribution is 2.15. The first-order chi connectivity index (χ1) is 15.6. The number of aromatic nitrogens is 1. The van der Waals surface area contributed by atoms with Crippen LogP contribution in [0.1, 0.15) is 32.0 Å². The molecule has 1 aromatic carbocycles. The van der Waals surface area contributed by atoms with Gasteiger partial charge in [-0.15, -0.1) is 24.0 Å². The minimum Gasteiger partial charge on any atom is -0.487 e. The summed E-state index contributed by atoms with van der Waals surface area (Å²) in [6.45, 7) is 13.1. The van der Waals surface area contributed by atoms with Crippen LogP contribution in [-0.4, -0.2) is 61.3 Å². The number of ether oxygens (including phenoxy) is 2. The predicted molar refractivity (Wildman–Crippen MR) is 144 cm³/mol. The Labute approximate surface area is 215 Å². The van der Waals surface area contributed by atoms with Crippen LogP contribution in [0.2, 0.25) is 0 Å². The van der Waals surface area contributed by atoms with Crippen LogP contribution in [-0.2, 0) is 17.9 Å². The van der Waals surface area contributed by atoms with E-state index in [4.69, 9.17) is 14.5 Å². The Bertz CT molecular complexity index is 835. The molecule has 1 atom stereocenters. The Hall–Kier alpha value is -1.91. The summed E-state index contributed by atoms with van der Waals surface area (Å²) >= 11 is 0. The minimum atomic E-state index is 0. The van der Waals surface area contributed by atoms with Crippen LogP contribution < -0.4 is 15.4 Å². The number of aliphatic imine (C=N–C) groups is 1. The summed E-state index contributed by atoms with van der Waals surface area (Å²) in [6, 6.07) is 13.9. The Balaban J connectivity index is 0.00000385. The zero-order valence-electron chi connectivity index (χ0n) is 20.0. The number of benzene rings is 1. The number of halogens is 1. The van der Waals surface area contributed by atoms with Crippen molar-refractivity contribution in [2.45, 2.75) is 40.0 Å². The van der Waals surface area contributed by atoms with Gasteiger partial charge in [0.15, 0.2) is 5.96 Å². The molecule has 0 saturated carbocycles. The van der Waals surface area contributed by atoms with E-state index in [0.717, 1.165) is 62.3 Å². The molecule has 3 rings (SSSR count). The molecule has 2 aromatic rings. The van der Waals surface area contributed by atoms with Crippen molar-refractivity contribution in [2.75, 3.05) is 39.3 Å². The lowest BCUT2D eigenvalue weighted by Crippen LogP contribution is -2.50. The van der Waals surface area contributed by atoms with Gasteiger partial charge in [-0.1, -0.05) is 32.0 Å². The number of nitrogens with zero attached hydrogens (tertiary/aromatic N) is 3. The Morgan fingerprint density at radius 2 is 2.12 bits per heavy atom. The average Bonchev–Trinajstić information content (AvgIpc) is 2.80. The maximum absolute atomic E-state index is 5.95. The van der Waals surface area contributed by atoms with Crippen molar-refractivity contribution >= 4 is 29.9 Å². The van der Waals surface area contributed by atoms with Crippen molar-refractivity contribution in [1.82, 2.24) is 20.5 Å². The lowest BCUT2D eigenvalue weighted by molar-refractivity contribution is -0.0284. The molecule has 7 nitrogen and oxygen atoms in total. The topological polar surface area (TPSA) is 71.0 Å². The lowest BCUT2D eigenvalue weighted by atomic mass is 10.2. The standard InChI is InChI=1S/C25H37N5O2.HI/c1-4-26-25(29-16-24-18-30(12-13-31-24)17-20(2)3)28-15-21-8-7-10-23(14-21)32-19-22-9-5-6-11-27-22;/h5-11,14,20,24H,4,12-13,15-19H2,1-3H3,(H2,26,28,29);1H. The summed E-state index contributed by atoms with van der Waals surface area (Å²) in [7, 11) is 0. The fourth-order valence-electron chi connectivity index (χ4n) is 3.68. The van der Waals surface area contributed by atoms with E-state index in [0.29, 0.717) is 19.1 Å². The van der Waals surface area contributed by atoms with Crippen LogP contribution in [0.5, 0.6) is 5.75 Å². The largest absolute Gasteiger partial charge is 0.487 e. The number of guanidine groups is 1. The van der Waals surface area contributed by atoms with Crippen molar-refractivity contribution in [3.05, 3.63) is 59.9 Å². The SMILES string of the molecule is CCNC(=NCc1cccc(OCc2ccccn2)c1)NCC1CN(CC(C)C)CCO1.I. The highest BCUT2D eigenvalue weighted by molar-refractivity contribution is 14.0. The normalized spacial score (nSPS) is 16.8. The summed E-state index contributed by atoms with van der Waals surface area (Å²) < 4.78 is 11.8. The Morgan fingerprint density at radius 1 is 1.24 bits per heavy atom. The molecule has 1 fully saturated rings. The van der Waals surface area contributed by atoms with E-state index in [1.54, 1.807) is 6.20 Å². The smallest absolute Gasteiger partial charge is 0.191 e. The van der Waals surface area contributed by atoms with Crippen LogP contribution in [0.4, 0.5) is 0 Å². The maximum atomic E-state index is 5.95. The predicted octanol–water partition coefficient (Wildman–Crippen LogP) is 3.69. The second kappa shape index (κ2) is 15.1. The number of hydrogen-bond donors (Lipinski definition) is 2. The van der Waals surface area contributed by atoms with Crippen molar-refractivity contribution in [2.24, 2.45) is 10.9 Å². The molecule has 1 aliphatic rings. The van der Waals surface area contributed by atoms with E-state index in [9.17, 15) is 0 Å². The number of morpholine rings is 1. The summed E-state index contributed by atoms with van der Waals surface area (Å²) in [5.74, 6) is 2.29. The fourth-order valence-corrected chi connectivity index (χ4v) is 3.68. The molecule has 1 aliphatic heterocycles. The van der Waals surface area contributed by atoms with Gasteiger partial charge in [0.1, 0.15) is 12.4 Å². The third-order valence-corrected chi connectivity index (χ3v) is 5.12. The van der Waals surface area contributed by atoms with Crippen LogP contribution in [0, 0.1) is 5.92 Å².